The van der Waals surface area contributed by atoms with E-state index in [2.05, 4.69) is 0 Å². The van der Waals surface area contributed by atoms with Crippen LogP contribution in [0.25, 0.3) is 0 Å². The summed E-state index contributed by atoms with van der Waals surface area (Å²) in [6.07, 6.45) is -2.10. The second kappa shape index (κ2) is 5.17. The van der Waals surface area contributed by atoms with Crippen molar-refractivity contribution in [2.45, 2.75) is 12.2 Å². The van der Waals surface area contributed by atoms with Gasteiger partial charge < -0.3 is 24.1 Å². The van der Waals surface area contributed by atoms with E-state index in [1.165, 1.54) is 7.11 Å². The van der Waals surface area contributed by atoms with Crippen LogP contribution in [0.15, 0.2) is 36.4 Å². The first-order valence-corrected chi connectivity index (χ1v) is 7.15. The maximum absolute atomic E-state index is 12.7. The first-order chi connectivity index (χ1) is 11.2. The van der Waals surface area contributed by atoms with Crippen molar-refractivity contribution in [3.05, 3.63) is 47.5 Å². The molecule has 0 aromatic heterocycles. The van der Waals surface area contributed by atoms with E-state index in [0.29, 0.717) is 17.2 Å². The number of fused-ring (bicyclic) bond motifs is 2. The minimum Gasteiger partial charge on any atom is -0.492 e. The molecule has 2 heterocycles. The topological polar surface area (TPSA) is 74.2 Å². The van der Waals surface area contributed by atoms with Crippen LogP contribution in [0.5, 0.6) is 23.0 Å². The molecule has 0 saturated heterocycles. The van der Waals surface area contributed by atoms with Crippen molar-refractivity contribution in [3.63, 3.8) is 0 Å². The van der Waals surface area contributed by atoms with Gasteiger partial charge in [0.25, 0.3) is 0 Å². The molecule has 0 spiro atoms. The van der Waals surface area contributed by atoms with Crippen LogP contribution < -0.4 is 18.9 Å². The van der Waals surface area contributed by atoms with Crippen molar-refractivity contribution < 1.29 is 28.8 Å². The first kappa shape index (κ1) is 13.9. The van der Waals surface area contributed by atoms with Gasteiger partial charge in [0, 0.05) is 6.07 Å². The Labute approximate surface area is 132 Å². The molecule has 0 bridgehead atoms. The largest absolute Gasteiger partial charge is 0.492 e. The molecule has 2 aromatic rings. The van der Waals surface area contributed by atoms with Gasteiger partial charge in [-0.3, -0.25) is 4.79 Å². The van der Waals surface area contributed by atoms with Gasteiger partial charge in [0.05, 0.1) is 7.11 Å². The number of ether oxygens (including phenoxy) is 4. The van der Waals surface area contributed by atoms with E-state index < -0.39 is 18.0 Å². The predicted octanol–water partition coefficient (Wildman–Crippen LogP) is 2.10. The Morgan fingerprint density at radius 2 is 1.96 bits per heavy atom. The normalized spacial score (nSPS) is 21.6. The molecule has 23 heavy (non-hydrogen) atoms. The molecule has 2 aromatic carbocycles. The van der Waals surface area contributed by atoms with Crippen LogP contribution in [0.1, 0.15) is 22.0 Å². The second-order valence-electron chi connectivity index (χ2n) is 5.27. The van der Waals surface area contributed by atoms with Crippen LogP contribution in [0, 0.1) is 0 Å². The number of ketones is 1. The van der Waals surface area contributed by atoms with E-state index in [0.717, 1.165) is 5.56 Å². The molecule has 0 unspecified atom stereocenters. The number of Topliss-reactive ketones (excluding diaryl/α,β-unsaturated/α-hetero) is 1. The summed E-state index contributed by atoms with van der Waals surface area (Å²) in [6, 6.07) is 10.7. The molecule has 0 saturated carbocycles. The zero-order valence-corrected chi connectivity index (χ0v) is 12.3. The van der Waals surface area contributed by atoms with E-state index in [-0.39, 0.29) is 18.1 Å². The number of carbonyl (C=O) groups is 1. The Morgan fingerprint density at radius 3 is 2.70 bits per heavy atom. The van der Waals surface area contributed by atoms with Crippen LogP contribution in [0.4, 0.5) is 0 Å². The van der Waals surface area contributed by atoms with Crippen molar-refractivity contribution >= 4 is 5.78 Å². The lowest BCUT2D eigenvalue weighted by Crippen LogP contribution is -2.36. The lowest BCUT2D eigenvalue weighted by molar-refractivity contribution is 0.0210. The zero-order valence-electron chi connectivity index (χ0n) is 12.3. The highest BCUT2D eigenvalue weighted by atomic mass is 16.7. The standard InChI is InChI=1S/C17H14O6/c1-20-17-12-10(7-11-16(17)22-8-21-11)23-15(14(19)13(12)18)9-5-3-2-4-6-9/h2-7,14-15,19H,8H2,1H3/t14-,15-/m0/s1. The summed E-state index contributed by atoms with van der Waals surface area (Å²) < 4.78 is 21.9. The quantitative estimate of drug-likeness (QED) is 0.915. The fraction of sp³-hybridized carbons (Fsp3) is 0.235. The van der Waals surface area contributed by atoms with Gasteiger partial charge in [-0.25, -0.2) is 0 Å². The number of hydrogen-bond acceptors (Lipinski definition) is 6. The van der Waals surface area contributed by atoms with Gasteiger partial charge in [0.1, 0.15) is 11.3 Å². The summed E-state index contributed by atoms with van der Waals surface area (Å²) in [5.41, 5.74) is 0.895. The predicted molar refractivity (Wildman–Crippen MR) is 79.3 cm³/mol. The Hall–Kier alpha value is -2.73. The highest BCUT2D eigenvalue weighted by Crippen LogP contribution is 2.51. The number of aliphatic hydroxyl groups is 1. The van der Waals surface area contributed by atoms with E-state index in [1.54, 1.807) is 18.2 Å². The van der Waals surface area contributed by atoms with Gasteiger partial charge >= 0.3 is 0 Å². The molecule has 6 nitrogen and oxygen atoms in total. The Balaban J connectivity index is 1.85. The monoisotopic (exact) mass is 314 g/mol. The smallest absolute Gasteiger partial charge is 0.231 e. The SMILES string of the molecule is COc1c2c(cc3c1C(=O)[C@H](O)[C@H](c1ccccc1)O3)OCO2. The van der Waals surface area contributed by atoms with E-state index >= 15 is 0 Å². The number of methoxy groups -OCH3 is 1. The maximum atomic E-state index is 12.7. The molecular weight excluding hydrogens is 300 g/mol. The van der Waals surface area contributed by atoms with Crippen molar-refractivity contribution in [2.24, 2.45) is 0 Å². The van der Waals surface area contributed by atoms with Crippen LogP contribution in [0.3, 0.4) is 0 Å². The fourth-order valence-corrected chi connectivity index (χ4v) is 2.89. The van der Waals surface area contributed by atoms with Crippen molar-refractivity contribution in [1.29, 1.82) is 0 Å². The minimum atomic E-state index is -1.32. The summed E-state index contributed by atoms with van der Waals surface area (Å²) in [5, 5.41) is 10.4. The Bertz CT molecular complexity index is 770. The summed E-state index contributed by atoms with van der Waals surface area (Å²) in [7, 11) is 1.43. The molecule has 4 rings (SSSR count). The van der Waals surface area contributed by atoms with Gasteiger partial charge in [-0.2, -0.15) is 0 Å². The first-order valence-electron chi connectivity index (χ1n) is 7.15. The average Bonchev–Trinajstić information content (AvgIpc) is 3.05. The van der Waals surface area contributed by atoms with E-state index in [9.17, 15) is 9.90 Å². The molecular formula is C17H14O6. The third-order valence-electron chi connectivity index (χ3n) is 3.97. The number of aliphatic hydroxyl groups excluding tert-OH is 1. The van der Waals surface area contributed by atoms with Gasteiger partial charge in [-0.05, 0) is 5.56 Å². The molecule has 0 amide bonds. The highest BCUT2D eigenvalue weighted by molar-refractivity contribution is 6.06. The molecule has 0 aliphatic carbocycles. The summed E-state index contributed by atoms with van der Waals surface area (Å²) in [6.45, 7) is 0.0491. The van der Waals surface area contributed by atoms with Crippen LogP contribution in [0.2, 0.25) is 0 Å². The van der Waals surface area contributed by atoms with Crippen molar-refractivity contribution in [2.75, 3.05) is 13.9 Å². The lowest BCUT2D eigenvalue weighted by Gasteiger charge is -2.30. The number of hydrogen-bond donors (Lipinski definition) is 1. The highest BCUT2D eigenvalue weighted by Gasteiger charge is 2.41. The molecule has 6 heteroatoms. The maximum Gasteiger partial charge on any atom is 0.231 e. The van der Waals surface area contributed by atoms with Gasteiger partial charge in [0.15, 0.2) is 23.7 Å². The minimum absolute atomic E-state index is 0.0491. The van der Waals surface area contributed by atoms with Gasteiger partial charge in [0.2, 0.25) is 18.3 Å². The van der Waals surface area contributed by atoms with Crippen LogP contribution in [-0.4, -0.2) is 30.9 Å². The second-order valence-corrected chi connectivity index (χ2v) is 5.27. The summed E-state index contributed by atoms with van der Waals surface area (Å²) >= 11 is 0. The Kier molecular flexibility index (Phi) is 3.12. The fourth-order valence-electron chi connectivity index (χ4n) is 2.89. The molecule has 1 N–H and O–H groups in total. The molecule has 2 aliphatic rings. The average molecular weight is 314 g/mol. The summed E-state index contributed by atoms with van der Waals surface area (Å²) in [4.78, 5) is 12.7. The van der Waals surface area contributed by atoms with Gasteiger partial charge in [-0.1, -0.05) is 30.3 Å². The number of rotatable bonds is 2. The van der Waals surface area contributed by atoms with Gasteiger partial charge in [-0.15, -0.1) is 0 Å². The Morgan fingerprint density at radius 1 is 1.17 bits per heavy atom. The molecule has 2 aliphatic heterocycles. The number of benzene rings is 2. The van der Waals surface area contributed by atoms with Crippen LogP contribution in [-0.2, 0) is 0 Å². The molecule has 0 fully saturated rings. The van der Waals surface area contributed by atoms with Crippen molar-refractivity contribution in [1.82, 2.24) is 0 Å². The number of carbonyl (C=O) groups excluding carboxylic acids is 1. The van der Waals surface area contributed by atoms with E-state index in [4.69, 9.17) is 18.9 Å². The zero-order chi connectivity index (χ0) is 16.0. The third kappa shape index (κ3) is 2.03. The van der Waals surface area contributed by atoms with Crippen LogP contribution >= 0.6 is 0 Å². The molecule has 2 atom stereocenters. The third-order valence-corrected chi connectivity index (χ3v) is 3.97. The van der Waals surface area contributed by atoms with Crippen molar-refractivity contribution in [3.8, 4) is 23.0 Å². The van der Waals surface area contributed by atoms with E-state index in [1.807, 2.05) is 18.2 Å². The lowest BCUT2D eigenvalue weighted by atomic mass is 9.92. The molecule has 0 radical (unpaired) electrons. The summed E-state index contributed by atoms with van der Waals surface area (Å²) in [5.74, 6) is 0.890. The molecule has 118 valence electrons.